The van der Waals surface area contributed by atoms with Crippen molar-refractivity contribution in [3.8, 4) is 11.6 Å². The number of ether oxygens (including phenoxy) is 1. The molecule has 0 spiro atoms. The molecule has 0 aliphatic rings. The van der Waals surface area contributed by atoms with Crippen LogP contribution >= 0.6 is 39.1 Å². The second-order valence-electron chi connectivity index (χ2n) is 3.28. The van der Waals surface area contributed by atoms with Gasteiger partial charge in [0.15, 0.2) is 0 Å². The van der Waals surface area contributed by atoms with Gasteiger partial charge >= 0.3 is 0 Å². The molecule has 2 nitrogen and oxygen atoms in total. The topological polar surface area (TPSA) is 22.1 Å². The minimum atomic E-state index is 0.345. The fraction of sp³-hybridized carbons (Fsp3) is 0.0833. The molecular weight excluding hydrogens is 325 g/mol. The standard InChI is InChI=1S/C12H8BrCl2NO/c13-9-3-4-11(10(15)6-9)17-12-8(7-14)2-1-5-16-12/h1-6H,7H2. The van der Waals surface area contributed by atoms with Crippen LogP contribution in [-0.2, 0) is 5.88 Å². The van der Waals surface area contributed by atoms with Crippen LogP contribution in [-0.4, -0.2) is 4.98 Å². The Morgan fingerprint density at radius 2 is 2.12 bits per heavy atom. The van der Waals surface area contributed by atoms with Crippen LogP contribution in [0, 0.1) is 0 Å². The lowest BCUT2D eigenvalue weighted by Gasteiger charge is -2.09. The smallest absolute Gasteiger partial charge is 0.223 e. The maximum atomic E-state index is 6.06. The van der Waals surface area contributed by atoms with Crippen molar-refractivity contribution in [2.24, 2.45) is 0 Å². The fourth-order valence-electron chi connectivity index (χ4n) is 1.28. The normalized spacial score (nSPS) is 10.3. The van der Waals surface area contributed by atoms with Gasteiger partial charge in [-0.3, -0.25) is 0 Å². The van der Waals surface area contributed by atoms with Crippen LogP contribution in [0.5, 0.6) is 11.6 Å². The Bertz CT molecular complexity index is 534. The fourth-order valence-corrected chi connectivity index (χ4v) is 2.20. The van der Waals surface area contributed by atoms with Gasteiger partial charge in [0, 0.05) is 16.2 Å². The van der Waals surface area contributed by atoms with E-state index in [-0.39, 0.29) is 0 Å². The van der Waals surface area contributed by atoms with Crippen LogP contribution in [0.25, 0.3) is 0 Å². The molecule has 1 aromatic heterocycles. The first-order valence-electron chi connectivity index (χ1n) is 4.83. The summed E-state index contributed by atoms with van der Waals surface area (Å²) in [5.74, 6) is 1.38. The Balaban J connectivity index is 2.31. The number of pyridine rings is 1. The molecule has 0 saturated heterocycles. The number of aromatic nitrogens is 1. The van der Waals surface area contributed by atoms with Gasteiger partial charge in [0.1, 0.15) is 5.75 Å². The lowest BCUT2D eigenvalue weighted by molar-refractivity contribution is 0.458. The Labute approximate surface area is 118 Å². The van der Waals surface area contributed by atoms with Gasteiger partial charge in [-0.2, -0.15) is 0 Å². The molecule has 0 N–H and O–H groups in total. The summed E-state index contributed by atoms with van der Waals surface area (Å²) in [6.45, 7) is 0. The lowest BCUT2D eigenvalue weighted by atomic mass is 10.3. The van der Waals surface area contributed by atoms with Gasteiger partial charge in [-0.25, -0.2) is 4.98 Å². The average Bonchev–Trinajstić information content (AvgIpc) is 2.33. The summed E-state index contributed by atoms with van der Waals surface area (Å²) in [6, 6.07) is 9.07. The number of hydrogen-bond donors (Lipinski definition) is 0. The molecule has 0 aliphatic carbocycles. The van der Waals surface area contributed by atoms with Crippen molar-refractivity contribution in [1.29, 1.82) is 0 Å². The van der Waals surface area contributed by atoms with E-state index in [2.05, 4.69) is 20.9 Å². The Hall–Kier alpha value is -0.770. The van der Waals surface area contributed by atoms with Crippen LogP contribution in [0.1, 0.15) is 5.56 Å². The zero-order chi connectivity index (χ0) is 12.3. The van der Waals surface area contributed by atoms with E-state index in [0.717, 1.165) is 10.0 Å². The molecular formula is C12H8BrCl2NO. The quantitative estimate of drug-likeness (QED) is 0.735. The van der Waals surface area contributed by atoms with Crippen molar-refractivity contribution in [2.45, 2.75) is 5.88 Å². The molecule has 2 aromatic rings. The minimum absolute atomic E-state index is 0.345. The summed E-state index contributed by atoms with van der Waals surface area (Å²) in [4.78, 5) is 4.13. The predicted molar refractivity (Wildman–Crippen MR) is 73.0 cm³/mol. The van der Waals surface area contributed by atoms with Crippen molar-refractivity contribution >= 4 is 39.1 Å². The third kappa shape index (κ3) is 3.12. The average molecular weight is 333 g/mol. The molecule has 0 saturated carbocycles. The summed E-state index contributed by atoms with van der Waals surface area (Å²) in [7, 11) is 0. The highest BCUT2D eigenvalue weighted by molar-refractivity contribution is 9.10. The van der Waals surface area contributed by atoms with Crippen molar-refractivity contribution in [1.82, 2.24) is 4.98 Å². The number of rotatable bonds is 3. The number of nitrogens with zero attached hydrogens (tertiary/aromatic N) is 1. The molecule has 17 heavy (non-hydrogen) atoms. The summed E-state index contributed by atoms with van der Waals surface area (Å²) < 4.78 is 6.53. The largest absolute Gasteiger partial charge is 0.437 e. The first kappa shape index (κ1) is 12.7. The Kier molecular flexibility index (Phi) is 4.26. The third-order valence-electron chi connectivity index (χ3n) is 2.09. The van der Waals surface area contributed by atoms with Crippen molar-refractivity contribution < 1.29 is 4.74 Å². The number of alkyl halides is 1. The van der Waals surface area contributed by atoms with Crippen LogP contribution in [0.2, 0.25) is 5.02 Å². The van der Waals surface area contributed by atoms with E-state index < -0.39 is 0 Å². The summed E-state index contributed by atoms with van der Waals surface area (Å²) in [5.41, 5.74) is 0.827. The molecule has 0 amide bonds. The second-order valence-corrected chi connectivity index (χ2v) is 4.87. The predicted octanol–water partition coefficient (Wildman–Crippen LogP) is 5.03. The van der Waals surface area contributed by atoms with E-state index in [4.69, 9.17) is 27.9 Å². The Morgan fingerprint density at radius 1 is 1.29 bits per heavy atom. The minimum Gasteiger partial charge on any atom is -0.437 e. The van der Waals surface area contributed by atoms with E-state index in [1.54, 1.807) is 18.3 Å². The summed E-state index contributed by atoms with van der Waals surface area (Å²) in [5, 5.41) is 0.519. The maximum Gasteiger partial charge on any atom is 0.223 e. The highest BCUT2D eigenvalue weighted by Gasteiger charge is 2.08. The van der Waals surface area contributed by atoms with Gasteiger partial charge in [-0.15, -0.1) is 11.6 Å². The molecule has 1 heterocycles. The molecule has 0 aliphatic heterocycles. The first-order valence-corrected chi connectivity index (χ1v) is 6.54. The molecule has 0 unspecified atom stereocenters. The van der Waals surface area contributed by atoms with Crippen LogP contribution in [0.15, 0.2) is 41.0 Å². The monoisotopic (exact) mass is 331 g/mol. The lowest BCUT2D eigenvalue weighted by Crippen LogP contribution is -1.93. The van der Waals surface area contributed by atoms with Gasteiger partial charge in [0.25, 0.3) is 0 Å². The molecule has 0 atom stereocenters. The van der Waals surface area contributed by atoms with Gasteiger partial charge < -0.3 is 4.74 Å². The van der Waals surface area contributed by atoms with E-state index >= 15 is 0 Å². The van der Waals surface area contributed by atoms with Gasteiger partial charge in [0.05, 0.1) is 10.9 Å². The summed E-state index contributed by atoms with van der Waals surface area (Å²) >= 11 is 15.2. The molecule has 1 aromatic carbocycles. The molecule has 88 valence electrons. The highest BCUT2D eigenvalue weighted by atomic mass is 79.9. The van der Waals surface area contributed by atoms with Gasteiger partial charge in [-0.05, 0) is 24.3 Å². The number of hydrogen-bond acceptors (Lipinski definition) is 2. The van der Waals surface area contributed by atoms with Gasteiger partial charge in [0.2, 0.25) is 5.88 Å². The van der Waals surface area contributed by atoms with Crippen molar-refractivity contribution in [3.63, 3.8) is 0 Å². The van der Waals surface area contributed by atoms with Crippen molar-refractivity contribution in [3.05, 3.63) is 51.6 Å². The van der Waals surface area contributed by atoms with Gasteiger partial charge in [-0.1, -0.05) is 33.6 Å². The van der Waals surface area contributed by atoms with E-state index in [9.17, 15) is 0 Å². The van der Waals surface area contributed by atoms with E-state index in [1.807, 2.05) is 18.2 Å². The van der Waals surface area contributed by atoms with E-state index in [0.29, 0.717) is 22.5 Å². The Morgan fingerprint density at radius 3 is 2.82 bits per heavy atom. The third-order valence-corrected chi connectivity index (χ3v) is 3.17. The molecule has 0 fully saturated rings. The molecule has 0 bridgehead atoms. The van der Waals surface area contributed by atoms with Crippen LogP contribution in [0.3, 0.4) is 0 Å². The van der Waals surface area contributed by atoms with E-state index in [1.165, 1.54) is 0 Å². The first-order chi connectivity index (χ1) is 8.20. The zero-order valence-corrected chi connectivity index (χ0v) is 11.8. The molecule has 5 heteroatoms. The van der Waals surface area contributed by atoms with Crippen molar-refractivity contribution in [2.75, 3.05) is 0 Å². The summed E-state index contributed by atoms with van der Waals surface area (Å²) in [6.07, 6.45) is 1.65. The maximum absolute atomic E-state index is 6.06. The molecule has 2 rings (SSSR count). The number of benzene rings is 1. The molecule has 0 radical (unpaired) electrons. The SMILES string of the molecule is ClCc1cccnc1Oc1ccc(Br)cc1Cl. The van der Waals surface area contributed by atoms with Crippen LogP contribution < -0.4 is 4.74 Å². The second kappa shape index (κ2) is 5.71. The number of halogens is 3. The zero-order valence-electron chi connectivity index (χ0n) is 8.66. The van der Waals surface area contributed by atoms with Crippen LogP contribution in [0.4, 0.5) is 0 Å². The highest BCUT2D eigenvalue weighted by Crippen LogP contribution is 2.32.